The fourth-order valence-electron chi connectivity index (χ4n) is 4.15. The molecule has 6 nitrogen and oxygen atoms in total. The molecule has 1 aromatic carbocycles. The number of nitrogens with zero attached hydrogens (tertiary/aromatic N) is 3. The number of amides is 2. The summed E-state index contributed by atoms with van der Waals surface area (Å²) in [7, 11) is 0. The highest BCUT2D eigenvalue weighted by Crippen LogP contribution is 2.31. The number of pyridine rings is 1. The van der Waals surface area contributed by atoms with E-state index in [1.165, 1.54) is 4.90 Å². The first-order valence-electron chi connectivity index (χ1n) is 10.1. The minimum absolute atomic E-state index is 0.0682. The molecule has 30 heavy (non-hydrogen) atoms. The highest BCUT2D eigenvalue weighted by molar-refractivity contribution is 5.95. The summed E-state index contributed by atoms with van der Waals surface area (Å²) < 4.78 is 29.5. The van der Waals surface area contributed by atoms with Gasteiger partial charge in [0.25, 0.3) is 5.91 Å². The van der Waals surface area contributed by atoms with Crippen LogP contribution in [0.1, 0.15) is 34.3 Å². The van der Waals surface area contributed by atoms with Crippen LogP contribution in [0.25, 0.3) is 0 Å². The van der Waals surface area contributed by atoms with Gasteiger partial charge < -0.3 is 15.1 Å². The molecule has 2 fully saturated rings. The number of anilines is 1. The summed E-state index contributed by atoms with van der Waals surface area (Å²) in [6.07, 6.45) is 1.78. The maximum atomic E-state index is 14.8. The molecule has 158 valence electrons. The second-order valence-electron chi connectivity index (χ2n) is 8.03. The fraction of sp³-hybridized carbons (Fsp3) is 0.409. The van der Waals surface area contributed by atoms with E-state index < -0.39 is 29.0 Å². The molecule has 2 aliphatic heterocycles. The lowest BCUT2D eigenvalue weighted by Gasteiger charge is -2.35. The molecule has 2 aromatic rings. The van der Waals surface area contributed by atoms with Gasteiger partial charge in [0.2, 0.25) is 5.91 Å². The zero-order valence-corrected chi connectivity index (χ0v) is 17.0. The Balaban J connectivity index is 1.48. The Kier molecular flexibility index (Phi) is 5.40. The Bertz CT molecular complexity index is 949. The molecule has 1 N–H and O–H groups in total. The van der Waals surface area contributed by atoms with Crippen molar-refractivity contribution in [1.29, 1.82) is 0 Å². The number of benzene rings is 1. The molecule has 0 bridgehead atoms. The van der Waals surface area contributed by atoms with Crippen molar-refractivity contribution in [2.75, 3.05) is 37.6 Å². The summed E-state index contributed by atoms with van der Waals surface area (Å²) in [6.45, 7) is 6.02. The number of aromatic nitrogens is 1. The number of nitrogens with one attached hydrogen (secondary N) is 1. The Morgan fingerprint density at radius 3 is 2.33 bits per heavy atom. The van der Waals surface area contributed by atoms with Crippen molar-refractivity contribution < 1.29 is 18.4 Å². The molecule has 0 radical (unpaired) electrons. The van der Waals surface area contributed by atoms with Crippen LogP contribution in [0.3, 0.4) is 0 Å². The average molecular weight is 414 g/mol. The molecular weight excluding hydrogens is 390 g/mol. The summed E-state index contributed by atoms with van der Waals surface area (Å²) in [5.41, 5.74) is 0.762. The van der Waals surface area contributed by atoms with Gasteiger partial charge in [-0.05, 0) is 42.2 Å². The van der Waals surface area contributed by atoms with Crippen LogP contribution in [-0.4, -0.2) is 54.4 Å². The molecule has 2 aliphatic rings. The van der Waals surface area contributed by atoms with E-state index >= 15 is 0 Å². The van der Waals surface area contributed by atoms with E-state index in [1.54, 1.807) is 6.20 Å². The third kappa shape index (κ3) is 3.74. The molecule has 8 heteroatoms. The molecule has 2 saturated heterocycles. The Labute approximate surface area is 173 Å². The normalized spacial score (nSPS) is 21.7. The van der Waals surface area contributed by atoms with Crippen LogP contribution >= 0.6 is 0 Å². The van der Waals surface area contributed by atoms with Gasteiger partial charge in [-0.1, -0.05) is 13.0 Å². The van der Waals surface area contributed by atoms with Gasteiger partial charge in [0.05, 0.1) is 5.92 Å². The van der Waals surface area contributed by atoms with Crippen molar-refractivity contribution in [3.8, 4) is 0 Å². The van der Waals surface area contributed by atoms with E-state index in [0.29, 0.717) is 32.7 Å². The quantitative estimate of drug-likeness (QED) is 0.838. The lowest BCUT2D eigenvalue weighted by atomic mass is 9.89. The van der Waals surface area contributed by atoms with Crippen LogP contribution in [0.2, 0.25) is 0 Å². The van der Waals surface area contributed by atoms with Crippen molar-refractivity contribution >= 4 is 17.6 Å². The monoisotopic (exact) mass is 414 g/mol. The van der Waals surface area contributed by atoms with E-state index in [1.807, 2.05) is 30.9 Å². The van der Waals surface area contributed by atoms with Gasteiger partial charge in [0.15, 0.2) is 0 Å². The number of aryl methyl sites for hydroxylation is 1. The third-order valence-corrected chi connectivity index (χ3v) is 5.87. The zero-order chi connectivity index (χ0) is 21.4. The van der Waals surface area contributed by atoms with Gasteiger partial charge in [0, 0.05) is 38.9 Å². The van der Waals surface area contributed by atoms with Crippen LogP contribution in [-0.2, 0) is 4.79 Å². The zero-order valence-electron chi connectivity index (χ0n) is 17.0. The SMILES string of the molecule is Cc1ccc(N2CCN(C(=O)c3c(F)cc([C@@H]4C(=O)NCC4C)cc3F)CC2)nc1. The lowest BCUT2D eigenvalue weighted by Crippen LogP contribution is -2.49. The number of carbonyl (C=O) groups is 2. The Morgan fingerprint density at radius 1 is 1.13 bits per heavy atom. The third-order valence-electron chi connectivity index (χ3n) is 5.87. The highest BCUT2D eigenvalue weighted by Gasteiger charge is 2.35. The summed E-state index contributed by atoms with van der Waals surface area (Å²) in [6, 6.07) is 6.13. The van der Waals surface area contributed by atoms with E-state index in [9.17, 15) is 18.4 Å². The van der Waals surface area contributed by atoms with Crippen molar-refractivity contribution in [3.05, 3.63) is 58.8 Å². The molecule has 2 amide bonds. The molecular formula is C22H24F2N4O2. The molecule has 0 aliphatic carbocycles. The Morgan fingerprint density at radius 2 is 1.80 bits per heavy atom. The van der Waals surface area contributed by atoms with Gasteiger partial charge in [-0.3, -0.25) is 9.59 Å². The summed E-state index contributed by atoms with van der Waals surface area (Å²) in [4.78, 5) is 32.7. The second-order valence-corrected chi connectivity index (χ2v) is 8.03. The minimum Gasteiger partial charge on any atom is -0.355 e. The molecule has 0 spiro atoms. The Hall–Kier alpha value is -3.03. The van der Waals surface area contributed by atoms with Crippen LogP contribution in [0.5, 0.6) is 0 Å². The predicted molar refractivity (Wildman–Crippen MR) is 108 cm³/mol. The summed E-state index contributed by atoms with van der Waals surface area (Å²) >= 11 is 0. The van der Waals surface area contributed by atoms with Crippen LogP contribution in [0, 0.1) is 24.5 Å². The fourth-order valence-corrected chi connectivity index (χ4v) is 4.15. The second kappa shape index (κ2) is 8.01. The minimum atomic E-state index is -0.926. The molecule has 3 heterocycles. The van der Waals surface area contributed by atoms with Crippen LogP contribution < -0.4 is 10.2 Å². The molecule has 1 aromatic heterocycles. The number of carbonyl (C=O) groups excluding carboxylic acids is 2. The number of halogens is 2. The van der Waals surface area contributed by atoms with Crippen LogP contribution in [0.15, 0.2) is 30.5 Å². The smallest absolute Gasteiger partial charge is 0.259 e. The van der Waals surface area contributed by atoms with E-state index in [2.05, 4.69) is 10.3 Å². The maximum Gasteiger partial charge on any atom is 0.259 e. The number of hydrogen-bond donors (Lipinski definition) is 1. The summed E-state index contributed by atoms with van der Waals surface area (Å²) in [5, 5.41) is 2.70. The van der Waals surface area contributed by atoms with Gasteiger partial charge in [-0.15, -0.1) is 0 Å². The summed E-state index contributed by atoms with van der Waals surface area (Å²) in [5.74, 6) is -2.63. The largest absolute Gasteiger partial charge is 0.355 e. The molecule has 0 saturated carbocycles. The lowest BCUT2D eigenvalue weighted by molar-refractivity contribution is -0.120. The maximum absolute atomic E-state index is 14.8. The first-order chi connectivity index (χ1) is 14.3. The van der Waals surface area contributed by atoms with E-state index in [-0.39, 0.29) is 17.4 Å². The van der Waals surface area contributed by atoms with Gasteiger partial charge in [-0.25, -0.2) is 13.8 Å². The predicted octanol–water partition coefficient (Wildman–Crippen LogP) is 2.48. The van der Waals surface area contributed by atoms with Crippen molar-refractivity contribution in [3.63, 3.8) is 0 Å². The first kappa shape index (κ1) is 20.3. The van der Waals surface area contributed by atoms with Crippen LogP contribution in [0.4, 0.5) is 14.6 Å². The van der Waals surface area contributed by atoms with Crippen molar-refractivity contribution in [2.24, 2.45) is 5.92 Å². The molecule has 4 rings (SSSR count). The number of rotatable bonds is 3. The van der Waals surface area contributed by atoms with Gasteiger partial charge in [-0.2, -0.15) is 0 Å². The first-order valence-corrected chi connectivity index (χ1v) is 10.1. The average Bonchev–Trinajstić information content (AvgIpc) is 3.06. The highest BCUT2D eigenvalue weighted by atomic mass is 19.1. The molecule has 2 atom stereocenters. The number of hydrogen-bond acceptors (Lipinski definition) is 4. The van der Waals surface area contributed by atoms with Crippen molar-refractivity contribution in [1.82, 2.24) is 15.2 Å². The number of piperazine rings is 1. The van der Waals surface area contributed by atoms with E-state index in [0.717, 1.165) is 23.5 Å². The topological polar surface area (TPSA) is 65.5 Å². The van der Waals surface area contributed by atoms with E-state index in [4.69, 9.17) is 0 Å². The van der Waals surface area contributed by atoms with Crippen molar-refractivity contribution in [2.45, 2.75) is 19.8 Å². The van der Waals surface area contributed by atoms with Gasteiger partial charge >= 0.3 is 0 Å². The van der Waals surface area contributed by atoms with Gasteiger partial charge in [0.1, 0.15) is 23.0 Å². The molecule has 1 unspecified atom stereocenters. The standard InChI is InChI=1S/C22H24F2N4O2/c1-13-3-4-18(25-11-13)27-5-7-28(8-6-27)22(30)20-16(23)9-15(10-17(20)24)19-14(2)12-26-21(19)29/h3-4,9-11,14,19H,5-8,12H2,1-2H3,(H,26,29)/t14?,19-/m1/s1.